The van der Waals surface area contributed by atoms with Gasteiger partial charge in [-0.15, -0.1) is 0 Å². The van der Waals surface area contributed by atoms with Crippen molar-refractivity contribution in [3.8, 4) is 5.75 Å². The van der Waals surface area contributed by atoms with Gasteiger partial charge in [0.05, 0.1) is 0 Å². The molecule has 1 atom stereocenters. The van der Waals surface area contributed by atoms with Gasteiger partial charge < -0.3 is 15.0 Å². The van der Waals surface area contributed by atoms with Gasteiger partial charge in [0.1, 0.15) is 17.6 Å². The molecule has 0 radical (unpaired) electrons. The van der Waals surface area contributed by atoms with Crippen LogP contribution in [0.25, 0.3) is 0 Å². The average molecular weight is 477 g/mol. The molecule has 1 N–H and O–H groups in total. The highest BCUT2D eigenvalue weighted by atomic mass is 19.1. The molecule has 3 rings (SSSR count). The van der Waals surface area contributed by atoms with Gasteiger partial charge >= 0.3 is 0 Å². The first kappa shape index (κ1) is 25.9. The third-order valence-corrected chi connectivity index (χ3v) is 5.78. The van der Waals surface area contributed by atoms with Gasteiger partial charge in [0.2, 0.25) is 5.91 Å². The lowest BCUT2D eigenvalue weighted by atomic mass is 10.0. The van der Waals surface area contributed by atoms with E-state index in [1.165, 1.54) is 22.6 Å². The molecule has 0 saturated heterocycles. The maximum Gasteiger partial charge on any atom is 0.261 e. The molecule has 5 nitrogen and oxygen atoms in total. The summed E-state index contributed by atoms with van der Waals surface area (Å²) in [6.45, 7) is 4.52. The van der Waals surface area contributed by atoms with Crippen molar-refractivity contribution in [1.29, 1.82) is 0 Å². The predicted molar refractivity (Wildman–Crippen MR) is 135 cm³/mol. The van der Waals surface area contributed by atoms with E-state index in [1.807, 2.05) is 61.5 Å². The Morgan fingerprint density at radius 2 is 1.54 bits per heavy atom. The van der Waals surface area contributed by atoms with Crippen molar-refractivity contribution in [2.75, 3.05) is 13.2 Å². The molecule has 1 unspecified atom stereocenters. The molecule has 0 aromatic heterocycles. The molecule has 0 aliphatic carbocycles. The average Bonchev–Trinajstić information content (AvgIpc) is 2.89. The molecule has 0 fully saturated rings. The normalized spacial score (nSPS) is 11.5. The van der Waals surface area contributed by atoms with Gasteiger partial charge in [-0.2, -0.15) is 0 Å². The van der Waals surface area contributed by atoms with Gasteiger partial charge in [-0.1, -0.05) is 68.4 Å². The molecule has 35 heavy (non-hydrogen) atoms. The largest absolute Gasteiger partial charge is 0.484 e. The minimum absolute atomic E-state index is 0.161. The highest BCUT2D eigenvalue weighted by Crippen LogP contribution is 2.17. The van der Waals surface area contributed by atoms with Crippen LogP contribution < -0.4 is 10.1 Å². The zero-order valence-electron chi connectivity index (χ0n) is 20.4. The fraction of sp³-hybridized carbons (Fsp3) is 0.310. The molecule has 0 aliphatic rings. The minimum Gasteiger partial charge on any atom is -0.484 e. The van der Waals surface area contributed by atoms with Gasteiger partial charge in [-0.25, -0.2) is 4.39 Å². The number of rotatable bonds is 12. The summed E-state index contributed by atoms with van der Waals surface area (Å²) >= 11 is 0. The van der Waals surface area contributed by atoms with E-state index in [0.29, 0.717) is 18.7 Å². The van der Waals surface area contributed by atoms with Crippen molar-refractivity contribution in [1.82, 2.24) is 10.2 Å². The minimum atomic E-state index is -0.743. The highest BCUT2D eigenvalue weighted by Gasteiger charge is 2.30. The number of ether oxygens (including phenoxy) is 1. The molecule has 0 bridgehead atoms. The van der Waals surface area contributed by atoms with Crippen molar-refractivity contribution in [3.05, 3.63) is 101 Å². The summed E-state index contributed by atoms with van der Waals surface area (Å²) in [4.78, 5) is 28.2. The topological polar surface area (TPSA) is 58.6 Å². The molecule has 0 heterocycles. The lowest BCUT2D eigenvalue weighted by molar-refractivity contribution is -0.142. The first-order valence-electron chi connectivity index (χ1n) is 12.1. The van der Waals surface area contributed by atoms with Gasteiger partial charge in [0.25, 0.3) is 5.91 Å². The first-order chi connectivity index (χ1) is 17.0. The van der Waals surface area contributed by atoms with Gasteiger partial charge in [0, 0.05) is 19.5 Å². The number of amides is 2. The number of benzene rings is 3. The second-order valence-corrected chi connectivity index (χ2v) is 8.43. The predicted octanol–water partition coefficient (Wildman–Crippen LogP) is 4.93. The van der Waals surface area contributed by atoms with Crippen LogP contribution in [0.5, 0.6) is 5.75 Å². The summed E-state index contributed by atoms with van der Waals surface area (Å²) in [6, 6.07) is 22.4. The molecule has 0 saturated carbocycles. The van der Waals surface area contributed by atoms with Crippen LogP contribution in [-0.4, -0.2) is 35.9 Å². The Morgan fingerprint density at radius 3 is 2.17 bits per heavy atom. The van der Waals surface area contributed by atoms with Crippen LogP contribution in [0.4, 0.5) is 4.39 Å². The lowest BCUT2D eigenvalue weighted by Crippen LogP contribution is -2.51. The summed E-state index contributed by atoms with van der Waals surface area (Å²) in [5, 5.41) is 2.94. The molecule has 0 aliphatic heterocycles. The van der Waals surface area contributed by atoms with Crippen molar-refractivity contribution in [2.24, 2.45) is 0 Å². The molecule has 0 spiro atoms. The Morgan fingerprint density at radius 1 is 0.886 bits per heavy atom. The van der Waals surface area contributed by atoms with Crippen LogP contribution in [0.15, 0.2) is 78.9 Å². The number of hydrogen-bond acceptors (Lipinski definition) is 3. The van der Waals surface area contributed by atoms with Crippen LogP contribution in [0.2, 0.25) is 0 Å². The summed E-state index contributed by atoms with van der Waals surface area (Å²) in [5.74, 6) is -0.306. The first-order valence-corrected chi connectivity index (χ1v) is 12.1. The quantitative estimate of drug-likeness (QED) is 0.403. The maximum absolute atomic E-state index is 13.5. The maximum atomic E-state index is 13.5. The summed E-state index contributed by atoms with van der Waals surface area (Å²) in [6.07, 6.45) is 2.06. The molecular formula is C29H33FN2O3. The Kier molecular flexibility index (Phi) is 9.84. The lowest BCUT2D eigenvalue weighted by Gasteiger charge is -2.31. The monoisotopic (exact) mass is 476 g/mol. The van der Waals surface area contributed by atoms with E-state index in [0.717, 1.165) is 24.0 Å². The van der Waals surface area contributed by atoms with E-state index < -0.39 is 6.04 Å². The molecule has 6 heteroatoms. The molecule has 2 amide bonds. The van der Waals surface area contributed by atoms with Crippen LogP contribution in [-0.2, 0) is 29.0 Å². The van der Waals surface area contributed by atoms with Gasteiger partial charge in [-0.3, -0.25) is 9.59 Å². The van der Waals surface area contributed by atoms with Gasteiger partial charge in [0.15, 0.2) is 6.61 Å². The summed E-state index contributed by atoms with van der Waals surface area (Å²) in [7, 11) is 0. The van der Waals surface area contributed by atoms with E-state index in [-0.39, 0.29) is 30.8 Å². The fourth-order valence-electron chi connectivity index (χ4n) is 3.76. The second-order valence-electron chi connectivity index (χ2n) is 8.43. The van der Waals surface area contributed by atoms with E-state index in [4.69, 9.17) is 4.74 Å². The van der Waals surface area contributed by atoms with Crippen LogP contribution in [0, 0.1) is 5.82 Å². The van der Waals surface area contributed by atoms with Crippen LogP contribution >= 0.6 is 0 Å². The fourth-order valence-corrected chi connectivity index (χ4v) is 3.76. The molecular weight excluding hydrogens is 443 g/mol. The zero-order chi connectivity index (χ0) is 25.0. The summed E-state index contributed by atoms with van der Waals surface area (Å²) < 4.78 is 19.3. The van der Waals surface area contributed by atoms with E-state index in [1.54, 1.807) is 12.1 Å². The zero-order valence-corrected chi connectivity index (χ0v) is 20.4. The van der Waals surface area contributed by atoms with Crippen molar-refractivity contribution in [3.63, 3.8) is 0 Å². The summed E-state index contributed by atoms with van der Waals surface area (Å²) in [5.41, 5.74) is 2.85. The number of halogens is 1. The number of carbonyl (C=O) groups excluding carboxylic acids is 2. The number of aryl methyl sites for hydroxylation is 1. The van der Waals surface area contributed by atoms with Crippen molar-refractivity contribution >= 4 is 11.8 Å². The third kappa shape index (κ3) is 7.95. The van der Waals surface area contributed by atoms with E-state index in [9.17, 15) is 14.0 Å². The van der Waals surface area contributed by atoms with E-state index >= 15 is 0 Å². The Bertz CT molecular complexity index is 1070. The highest BCUT2D eigenvalue weighted by molar-refractivity contribution is 5.88. The number of nitrogens with zero attached hydrogens (tertiary/aromatic N) is 1. The van der Waals surface area contributed by atoms with Crippen molar-refractivity contribution in [2.45, 2.75) is 45.7 Å². The standard InChI is InChI=1S/C29H33FN2O3/c1-3-18-31-29(34)27(19-23-8-6-5-7-9-23)32(20-24-10-14-25(30)15-11-24)28(33)21-35-26-16-12-22(4-2)13-17-26/h5-17,27H,3-4,18-21H2,1-2H3,(H,31,34). The molecule has 184 valence electrons. The van der Waals surface area contributed by atoms with Gasteiger partial charge in [-0.05, 0) is 53.8 Å². The second kappa shape index (κ2) is 13.3. The Labute approximate surface area is 206 Å². The molecule has 3 aromatic rings. The molecule has 3 aromatic carbocycles. The Balaban J connectivity index is 1.86. The van der Waals surface area contributed by atoms with Crippen LogP contribution in [0.1, 0.15) is 37.0 Å². The third-order valence-electron chi connectivity index (χ3n) is 5.78. The van der Waals surface area contributed by atoms with Crippen LogP contribution in [0.3, 0.4) is 0 Å². The van der Waals surface area contributed by atoms with Crippen molar-refractivity contribution < 1.29 is 18.7 Å². The smallest absolute Gasteiger partial charge is 0.261 e. The SMILES string of the molecule is CCCNC(=O)C(Cc1ccccc1)N(Cc1ccc(F)cc1)C(=O)COc1ccc(CC)cc1. The number of hydrogen-bond donors (Lipinski definition) is 1. The Hall–Kier alpha value is -3.67. The van der Waals surface area contributed by atoms with E-state index in [2.05, 4.69) is 12.2 Å². The number of nitrogens with one attached hydrogen (secondary N) is 1. The number of carbonyl (C=O) groups is 2.